The highest BCUT2D eigenvalue weighted by Crippen LogP contribution is 2.18. The van der Waals surface area contributed by atoms with E-state index in [1.165, 1.54) is 11.1 Å². The van der Waals surface area contributed by atoms with Gasteiger partial charge in [0.05, 0.1) is 18.2 Å². The average molecular weight is 448 g/mol. The van der Waals surface area contributed by atoms with Crippen LogP contribution in [0.1, 0.15) is 52.7 Å². The number of nitrogens with zero attached hydrogens (tertiary/aromatic N) is 2. The maximum absolute atomic E-state index is 12.1. The third kappa shape index (κ3) is 9.44. The summed E-state index contributed by atoms with van der Waals surface area (Å²) in [6, 6.07) is 8.50. The second kappa shape index (κ2) is 11.5. The molecule has 0 bridgehead atoms. The van der Waals surface area contributed by atoms with E-state index in [1.807, 2.05) is 41.5 Å². The van der Waals surface area contributed by atoms with Crippen LogP contribution < -0.4 is 16.0 Å². The number of aliphatic hydroxyl groups is 1. The van der Waals surface area contributed by atoms with Crippen molar-refractivity contribution in [2.45, 2.75) is 71.8 Å². The van der Waals surface area contributed by atoms with Gasteiger partial charge in [0.15, 0.2) is 5.96 Å². The molecule has 8 heteroatoms. The summed E-state index contributed by atoms with van der Waals surface area (Å²) in [5, 5.41) is 19.8. The Morgan fingerprint density at radius 3 is 2.53 bits per heavy atom. The summed E-state index contributed by atoms with van der Waals surface area (Å²) in [5.74, 6) is 0.606. The van der Waals surface area contributed by atoms with Crippen LogP contribution in [-0.4, -0.2) is 72.0 Å². The molecule has 0 spiro atoms. The van der Waals surface area contributed by atoms with E-state index in [-0.39, 0.29) is 0 Å². The summed E-state index contributed by atoms with van der Waals surface area (Å²) in [6.45, 7) is 15.2. The molecular weight excluding hydrogens is 406 g/mol. The first-order valence-electron chi connectivity index (χ1n) is 11.5. The first-order chi connectivity index (χ1) is 15.0. The summed E-state index contributed by atoms with van der Waals surface area (Å²) < 4.78 is 5.33. The van der Waals surface area contributed by atoms with E-state index >= 15 is 0 Å². The van der Waals surface area contributed by atoms with Crippen molar-refractivity contribution in [1.82, 2.24) is 20.9 Å². The fourth-order valence-electron chi connectivity index (χ4n) is 3.52. The zero-order valence-corrected chi connectivity index (χ0v) is 20.5. The molecule has 8 nitrogen and oxygen atoms in total. The lowest BCUT2D eigenvalue weighted by atomic mass is 10.00. The van der Waals surface area contributed by atoms with Gasteiger partial charge < -0.3 is 25.8 Å². The Balaban J connectivity index is 1.83. The molecule has 0 aliphatic carbocycles. The molecule has 32 heavy (non-hydrogen) atoms. The number of rotatable bonds is 8. The highest BCUT2D eigenvalue weighted by atomic mass is 16.6. The van der Waals surface area contributed by atoms with Crippen LogP contribution in [0.4, 0.5) is 4.79 Å². The first-order valence-corrected chi connectivity index (χ1v) is 11.5. The van der Waals surface area contributed by atoms with Gasteiger partial charge in [-0.3, -0.25) is 9.89 Å². The summed E-state index contributed by atoms with van der Waals surface area (Å²) in [6.07, 6.45) is 0.0337. The van der Waals surface area contributed by atoms with E-state index in [2.05, 4.69) is 50.1 Å². The molecule has 0 fully saturated rings. The van der Waals surface area contributed by atoms with Crippen molar-refractivity contribution in [3.8, 4) is 0 Å². The minimum absolute atomic E-state index is 0.362. The Hall–Kier alpha value is -2.32. The van der Waals surface area contributed by atoms with Gasteiger partial charge in [0.1, 0.15) is 5.60 Å². The van der Waals surface area contributed by atoms with Gasteiger partial charge in [0, 0.05) is 32.7 Å². The molecule has 1 amide bonds. The van der Waals surface area contributed by atoms with Crippen molar-refractivity contribution >= 4 is 12.1 Å². The Bertz CT molecular complexity index is 773. The maximum atomic E-state index is 12.1. The van der Waals surface area contributed by atoms with E-state index in [9.17, 15) is 9.90 Å². The van der Waals surface area contributed by atoms with Crippen molar-refractivity contribution < 1.29 is 14.6 Å². The molecule has 180 valence electrons. The standard InChI is InChI=1S/C24H41N5O3/c1-7-25-21(27-17-24(5,6)28-22(31)32-23(2,3)4)26-14-20(30)16-29-13-12-18-10-8-9-11-19(18)15-29/h8-11,20,30H,7,12-17H2,1-6H3,(H,28,31)(H2,25,26,27). The smallest absolute Gasteiger partial charge is 0.408 e. The van der Waals surface area contributed by atoms with Gasteiger partial charge >= 0.3 is 6.09 Å². The predicted molar refractivity (Wildman–Crippen MR) is 129 cm³/mol. The fourth-order valence-corrected chi connectivity index (χ4v) is 3.52. The summed E-state index contributed by atoms with van der Waals surface area (Å²) in [5.41, 5.74) is 1.62. The number of carbonyl (C=O) groups is 1. The molecule has 0 saturated heterocycles. The van der Waals surface area contributed by atoms with Gasteiger partial charge in [0.25, 0.3) is 0 Å². The lowest BCUT2D eigenvalue weighted by molar-refractivity contribution is 0.0476. The Labute approximate surface area is 192 Å². The van der Waals surface area contributed by atoms with Crippen LogP contribution in [0.5, 0.6) is 0 Å². The van der Waals surface area contributed by atoms with Gasteiger partial charge in [-0.05, 0) is 59.1 Å². The molecule has 4 N–H and O–H groups in total. The Morgan fingerprint density at radius 2 is 1.88 bits per heavy atom. The van der Waals surface area contributed by atoms with Gasteiger partial charge in [-0.1, -0.05) is 24.3 Å². The predicted octanol–water partition coefficient (Wildman–Crippen LogP) is 2.26. The molecule has 1 aliphatic heterocycles. The SMILES string of the molecule is CCNC(=NCC(C)(C)NC(=O)OC(C)(C)C)NCC(O)CN1CCc2ccccc2C1. The number of alkyl carbamates (subject to hydrolysis) is 1. The van der Waals surface area contributed by atoms with Gasteiger partial charge in [-0.2, -0.15) is 0 Å². The topological polar surface area (TPSA) is 98.2 Å². The number of carbonyl (C=O) groups excluding carboxylic acids is 1. The third-order valence-corrected chi connectivity index (χ3v) is 5.00. The van der Waals surface area contributed by atoms with E-state index in [1.54, 1.807) is 0 Å². The van der Waals surface area contributed by atoms with Crippen molar-refractivity contribution in [2.24, 2.45) is 4.99 Å². The quantitative estimate of drug-likeness (QED) is 0.361. The second-order valence-electron chi connectivity index (χ2n) is 9.99. The third-order valence-electron chi connectivity index (χ3n) is 5.00. The lowest BCUT2D eigenvalue weighted by Gasteiger charge is -2.30. The van der Waals surface area contributed by atoms with Crippen LogP contribution >= 0.6 is 0 Å². The number of nitrogens with one attached hydrogen (secondary N) is 3. The Morgan fingerprint density at radius 1 is 1.19 bits per heavy atom. The second-order valence-corrected chi connectivity index (χ2v) is 9.99. The molecule has 0 saturated carbocycles. The molecule has 0 aromatic heterocycles. The number of aliphatic imine (C=N–C) groups is 1. The van der Waals surface area contributed by atoms with Crippen LogP contribution in [-0.2, 0) is 17.7 Å². The Kier molecular flexibility index (Phi) is 9.33. The largest absolute Gasteiger partial charge is 0.444 e. The van der Waals surface area contributed by atoms with Crippen LogP contribution in [0.2, 0.25) is 0 Å². The summed E-state index contributed by atoms with van der Waals surface area (Å²) in [4.78, 5) is 18.9. The van der Waals surface area contributed by atoms with Crippen LogP contribution in [0.3, 0.4) is 0 Å². The number of β-amino-alcohol motifs (C(OH)–C–C–N with tert-alkyl or cyclic N) is 1. The first kappa shape index (κ1) is 25.9. The minimum atomic E-state index is -0.579. The minimum Gasteiger partial charge on any atom is -0.444 e. The number of fused-ring (bicyclic) bond motifs is 1. The highest BCUT2D eigenvalue weighted by Gasteiger charge is 2.25. The number of amides is 1. The van der Waals surface area contributed by atoms with Crippen LogP contribution in [0.15, 0.2) is 29.3 Å². The van der Waals surface area contributed by atoms with E-state index in [0.717, 1.165) is 19.5 Å². The molecule has 0 radical (unpaired) electrons. The average Bonchev–Trinajstić information content (AvgIpc) is 2.68. The molecule has 1 unspecified atom stereocenters. The number of ether oxygens (including phenoxy) is 1. The number of hydrogen-bond donors (Lipinski definition) is 4. The molecule has 1 heterocycles. The molecule has 1 atom stereocenters. The van der Waals surface area contributed by atoms with Crippen LogP contribution in [0, 0.1) is 0 Å². The van der Waals surface area contributed by atoms with Gasteiger partial charge in [-0.25, -0.2) is 4.79 Å². The monoisotopic (exact) mass is 447 g/mol. The lowest BCUT2D eigenvalue weighted by Crippen LogP contribution is -2.49. The van der Waals surface area contributed by atoms with E-state index in [0.29, 0.717) is 32.1 Å². The summed E-state index contributed by atoms with van der Waals surface area (Å²) >= 11 is 0. The van der Waals surface area contributed by atoms with Crippen molar-refractivity contribution in [2.75, 3.05) is 32.7 Å². The normalized spacial score (nSPS) is 16.2. The molecular formula is C24H41N5O3. The summed E-state index contributed by atoms with van der Waals surface area (Å²) in [7, 11) is 0. The number of benzene rings is 1. The van der Waals surface area contributed by atoms with E-state index in [4.69, 9.17) is 4.74 Å². The molecule has 1 aromatic rings. The number of guanidine groups is 1. The van der Waals surface area contributed by atoms with Crippen molar-refractivity contribution in [3.05, 3.63) is 35.4 Å². The number of hydrogen-bond acceptors (Lipinski definition) is 5. The molecule has 2 rings (SSSR count). The zero-order valence-electron chi connectivity index (χ0n) is 20.5. The zero-order chi connectivity index (χ0) is 23.8. The van der Waals surface area contributed by atoms with Crippen molar-refractivity contribution in [3.63, 3.8) is 0 Å². The number of aliphatic hydroxyl groups excluding tert-OH is 1. The van der Waals surface area contributed by atoms with Gasteiger partial charge in [-0.15, -0.1) is 0 Å². The van der Waals surface area contributed by atoms with E-state index < -0.39 is 23.3 Å². The highest BCUT2D eigenvalue weighted by molar-refractivity contribution is 5.79. The van der Waals surface area contributed by atoms with Crippen molar-refractivity contribution in [1.29, 1.82) is 0 Å². The fraction of sp³-hybridized carbons (Fsp3) is 0.667. The molecule has 1 aromatic carbocycles. The molecule has 1 aliphatic rings. The maximum Gasteiger partial charge on any atom is 0.408 e. The van der Waals surface area contributed by atoms with Gasteiger partial charge in [0.2, 0.25) is 0 Å². The van der Waals surface area contributed by atoms with Crippen LogP contribution in [0.25, 0.3) is 0 Å².